The monoisotopic (exact) mass is 244 g/mol. The highest BCUT2D eigenvalue weighted by molar-refractivity contribution is 5.34. The van der Waals surface area contributed by atoms with E-state index in [1.165, 1.54) is 18.9 Å². The van der Waals surface area contributed by atoms with E-state index in [9.17, 15) is 10.1 Å². The summed E-state index contributed by atoms with van der Waals surface area (Å²) in [5, 5.41) is 14.2. The van der Waals surface area contributed by atoms with Crippen LogP contribution in [0.15, 0.2) is 36.4 Å². The van der Waals surface area contributed by atoms with Crippen molar-refractivity contribution >= 4 is 5.69 Å². The maximum Gasteiger partial charge on any atom is 0.269 e. The van der Waals surface area contributed by atoms with Crippen molar-refractivity contribution < 1.29 is 4.92 Å². The second kappa shape index (κ2) is 4.53. The number of non-ortho nitro benzene ring substituents is 1. The first kappa shape index (κ1) is 11.4. The van der Waals surface area contributed by atoms with Gasteiger partial charge in [0.25, 0.3) is 5.69 Å². The number of nitrogens with zero attached hydrogens (tertiary/aromatic N) is 1. The average molecular weight is 244 g/mol. The third-order valence-corrected chi connectivity index (χ3v) is 4.05. The molecule has 1 fully saturated rings. The lowest BCUT2D eigenvalue weighted by Crippen LogP contribution is -2.47. The number of nitrogens with one attached hydrogen (secondary N) is 1. The number of nitro groups is 1. The van der Waals surface area contributed by atoms with Gasteiger partial charge in [0.05, 0.1) is 4.92 Å². The van der Waals surface area contributed by atoms with E-state index in [0.717, 1.165) is 11.5 Å². The molecule has 0 amide bonds. The van der Waals surface area contributed by atoms with Crippen LogP contribution in [-0.2, 0) is 6.54 Å². The van der Waals surface area contributed by atoms with Gasteiger partial charge in [0.2, 0.25) is 0 Å². The Labute approximate surface area is 106 Å². The number of fused-ring (bicyclic) bond motifs is 1. The second-order valence-electron chi connectivity index (χ2n) is 5.15. The van der Waals surface area contributed by atoms with Crippen LogP contribution in [0.2, 0.25) is 0 Å². The predicted octanol–water partition coefficient (Wildman–Crippen LogP) is 2.65. The average Bonchev–Trinajstić information content (AvgIpc) is 2.72. The highest BCUT2D eigenvalue weighted by Gasteiger charge is 2.40. The standard InChI is InChI=1S/C14H16N2O2/c17-16(18)12-5-1-3-10(7-12)9-15-14-8-11-4-2-6-13(11)14/h1-3,5-7,11,13-15H,4,8-9H2. The first-order chi connectivity index (χ1) is 8.74. The quantitative estimate of drug-likeness (QED) is 0.503. The fourth-order valence-electron chi connectivity index (χ4n) is 2.98. The zero-order valence-corrected chi connectivity index (χ0v) is 10.1. The summed E-state index contributed by atoms with van der Waals surface area (Å²) in [7, 11) is 0. The number of hydrogen-bond donors (Lipinski definition) is 1. The third kappa shape index (κ3) is 2.04. The molecule has 4 nitrogen and oxygen atoms in total. The van der Waals surface area contributed by atoms with Crippen molar-refractivity contribution in [3.63, 3.8) is 0 Å². The number of benzene rings is 1. The fourth-order valence-corrected chi connectivity index (χ4v) is 2.98. The van der Waals surface area contributed by atoms with Gasteiger partial charge in [-0.05, 0) is 30.2 Å². The lowest BCUT2D eigenvalue weighted by atomic mass is 9.71. The molecule has 0 aromatic heterocycles. The second-order valence-corrected chi connectivity index (χ2v) is 5.15. The van der Waals surface area contributed by atoms with Gasteiger partial charge in [-0.25, -0.2) is 0 Å². The van der Waals surface area contributed by atoms with E-state index in [0.29, 0.717) is 18.5 Å². The van der Waals surface area contributed by atoms with E-state index >= 15 is 0 Å². The van der Waals surface area contributed by atoms with Crippen LogP contribution in [0.25, 0.3) is 0 Å². The number of nitro benzene ring substituents is 1. The van der Waals surface area contributed by atoms with E-state index in [4.69, 9.17) is 0 Å². The minimum atomic E-state index is -0.345. The molecule has 94 valence electrons. The Morgan fingerprint density at radius 2 is 2.33 bits per heavy atom. The summed E-state index contributed by atoms with van der Waals surface area (Å²) in [5.41, 5.74) is 1.15. The molecule has 2 aliphatic carbocycles. The fraction of sp³-hybridized carbons (Fsp3) is 0.429. The molecular formula is C14H16N2O2. The molecule has 2 aliphatic rings. The van der Waals surface area contributed by atoms with Gasteiger partial charge in [-0.1, -0.05) is 24.3 Å². The highest BCUT2D eigenvalue weighted by Crippen LogP contribution is 2.42. The molecule has 1 aromatic carbocycles. The SMILES string of the molecule is O=[N+]([O-])c1cccc(CNC2CC3CC=CC32)c1. The molecule has 3 atom stereocenters. The summed E-state index contributed by atoms with van der Waals surface area (Å²) < 4.78 is 0. The van der Waals surface area contributed by atoms with E-state index in [1.807, 2.05) is 6.07 Å². The van der Waals surface area contributed by atoms with Crippen LogP contribution in [0.5, 0.6) is 0 Å². The van der Waals surface area contributed by atoms with E-state index in [1.54, 1.807) is 12.1 Å². The Balaban J connectivity index is 1.58. The van der Waals surface area contributed by atoms with Gasteiger partial charge in [0, 0.05) is 24.7 Å². The van der Waals surface area contributed by atoms with E-state index in [-0.39, 0.29) is 10.6 Å². The van der Waals surface area contributed by atoms with Gasteiger partial charge >= 0.3 is 0 Å². The first-order valence-corrected chi connectivity index (χ1v) is 6.37. The Morgan fingerprint density at radius 1 is 1.44 bits per heavy atom. The van der Waals surface area contributed by atoms with Gasteiger partial charge in [0.15, 0.2) is 0 Å². The molecule has 1 aromatic rings. The smallest absolute Gasteiger partial charge is 0.269 e. The number of hydrogen-bond acceptors (Lipinski definition) is 3. The molecule has 1 N–H and O–H groups in total. The Bertz CT molecular complexity index is 498. The zero-order valence-electron chi connectivity index (χ0n) is 10.1. The molecule has 0 bridgehead atoms. The Kier molecular flexibility index (Phi) is 2.88. The third-order valence-electron chi connectivity index (χ3n) is 4.05. The van der Waals surface area contributed by atoms with Gasteiger partial charge < -0.3 is 5.32 Å². The summed E-state index contributed by atoms with van der Waals surface area (Å²) in [5.74, 6) is 1.52. The summed E-state index contributed by atoms with van der Waals surface area (Å²) in [6.45, 7) is 0.712. The van der Waals surface area contributed by atoms with Crippen molar-refractivity contribution in [3.8, 4) is 0 Å². The molecule has 4 heteroatoms. The summed E-state index contributed by atoms with van der Waals surface area (Å²) >= 11 is 0. The van der Waals surface area contributed by atoms with Gasteiger partial charge in [-0.3, -0.25) is 10.1 Å². The summed E-state index contributed by atoms with van der Waals surface area (Å²) in [6.07, 6.45) is 7.02. The molecule has 0 aliphatic heterocycles. The maximum atomic E-state index is 10.7. The summed E-state index contributed by atoms with van der Waals surface area (Å²) in [6, 6.07) is 7.40. The number of rotatable bonds is 4. The normalized spacial score (nSPS) is 28.8. The van der Waals surface area contributed by atoms with Gasteiger partial charge in [0.1, 0.15) is 0 Å². The van der Waals surface area contributed by atoms with Crippen LogP contribution >= 0.6 is 0 Å². The van der Waals surface area contributed by atoms with Crippen molar-refractivity contribution in [1.82, 2.24) is 5.32 Å². The molecule has 0 spiro atoms. The number of allylic oxidation sites excluding steroid dienone is 1. The van der Waals surface area contributed by atoms with E-state index < -0.39 is 0 Å². The van der Waals surface area contributed by atoms with E-state index in [2.05, 4.69) is 17.5 Å². The Hall–Kier alpha value is -1.68. The Morgan fingerprint density at radius 3 is 3.11 bits per heavy atom. The highest BCUT2D eigenvalue weighted by atomic mass is 16.6. The minimum Gasteiger partial charge on any atom is -0.309 e. The van der Waals surface area contributed by atoms with Crippen LogP contribution in [-0.4, -0.2) is 11.0 Å². The van der Waals surface area contributed by atoms with Crippen LogP contribution in [0.4, 0.5) is 5.69 Å². The van der Waals surface area contributed by atoms with Gasteiger partial charge in [-0.2, -0.15) is 0 Å². The summed E-state index contributed by atoms with van der Waals surface area (Å²) in [4.78, 5) is 10.3. The molecule has 3 unspecified atom stereocenters. The topological polar surface area (TPSA) is 55.2 Å². The lowest BCUT2D eigenvalue weighted by molar-refractivity contribution is -0.384. The first-order valence-electron chi connectivity index (χ1n) is 6.37. The van der Waals surface area contributed by atoms with Crippen molar-refractivity contribution in [2.45, 2.75) is 25.4 Å². The van der Waals surface area contributed by atoms with Crippen molar-refractivity contribution in [2.75, 3.05) is 0 Å². The lowest BCUT2D eigenvalue weighted by Gasteiger charge is -2.40. The molecule has 0 radical (unpaired) electrons. The molecule has 1 saturated carbocycles. The minimum absolute atomic E-state index is 0.168. The zero-order chi connectivity index (χ0) is 12.5. The van der Waals surface area contributed by atoms with Crippen LogP contribution < -0.4 is 5.32 Å². The van der Waals surface area contributed by atoms with Crippen LogP contribution in [0, 0.1) is 22.0 Å². The molecular weight excluding hydrogens is 228 g/mol. The van der Waals surface area contributed by atoms with Gasteiger partial charge in [-0.15, -0.1) is 0 Å². The largest absolute Gasteiger partial charge is 0.309 e. The van der Waals surface area contributed by atoms with Crippen molar-refractivity contribution in [3.05, 3.63) is 52.1 Å². The molecule has 0 saturated heterocycles. The van der Waals surface area contributed by atoms with Crippen LogP contribution in [0.1, 0.15) is 18.4 Å². The van der Waals surface area contributed by atoms with Crippen molar-refractivity contribution in [2.24, 2.45) is 11.8 Å². The maximum absolute atomic E-state index is 10.7. The predicted molar refractivity (Wildman–Crippen MR) is 69.1 cm³/mol. The molecule has 18 heavy (non-hydrogen) atoms. The van der Waals surface area contributed by atoms with Crippen LogP contribution in [0.3, 0.4) is 0 Å². The molecule has 3 rings (SSSR count). The molecule has 0 heterocycles. The van der Waals surface area contributed by atoms with Crippen molar-refractivity contribution in [1.29, 1.82) is 0 Å².